The van der Waals surface area contributed by atoms with Crippen LogP contribution in [0.2, 0.25) is 0 Å². The first-order chi connectivity index (χ1) is 9.35. The van der Waals surface area contributed by atoms with Gasteiger partial charge in [-0.05, 0) is 26.0 Å². The number of urea groups is 1. The number of carboxylic acid groups (broad SMARTS) is 1. The molecule has 0 fully saturated rings. The number of aliphatic carboxylic acids is 1. The Hall–Kier alpha value is -2.15. The number of carboxylic acids is 1. The number of nitrogens with one attached hydrogen (secondary N) is 2. The van der Waals surface area contributed by atoms with Crippen molar-refractivity contribution < 1.29 is 14.7 Å². The molecule has 7 heteroatoms. The molecule has 1 aromatic carbocycles. The molecule has 2 amide bonds. The lowest BCUT2D eigenvalue weighted by Gasteiger charge is -2.23. The summed E-state index contributed by atoms with van der Waals surface area (Å²) in [7, 11) is 0. The summed E-state index contributed by atoms with van der Waals surface area (Å²) in [6.45, 7) is 3.30. The molecule has 2 aromatic rings. The van der Waals surface area contributed by atoms with Crippen molar-refractivity contribution >= 4 is 38.7 Å². The SMILES string of the molecule is CC(C)(CC(=O)O)NC(=O)Nc1nc2ccccc2s1. The molecule has 1 aromatic heterocycles. The molecule has 2 rings (SSSR count). The first-order valence-corrected chi connectivity index (χ1v) is 6.84. The van der Waals surface area contributed by atoms with E-state index in [1.54, 1.807) is 13.8 Å². The van der Waals surface area contributed by atoms with E-state index in [-0.39, 0.29) is 6.42 Å². The average Bonchev–Trinajstić information content (AvgIpc) is 2.67. The highest BCUT2D eigenvalue weighted by Gasteiger charge is 2.24. The fourth-order valence-corrected chi connectivity index (χ4v) is 2.64. The Bertz CT molecular complexity index is 618. The summed E-state index contributed by atoms with van der Waals surface area (Å²) in [6.07, 6.45) is -0.153. The molecular formula is C13H15N3O3S. The van der Waals surface area contributed by atoms with Crippen LogP contribution in [0.1, 0.15) is 20.3 Å². The van der Waals surface area contributed by atoms with Crippen LogP contribution in [0.3, 0.4) is 0 Å². The zero-order chi connectivity index (χ0) is 14.8. The number of amides is 2. The summed E-state index contributed by atoms with van der Waals surface area (Å²) in [5, 5.41) is 14.5. The third-order valence-electron chi connectivity index (χ3n) is 2.56. The molecule has 6 nitrogen and oxygen atoms in total. The number of fused-ring (bicyclic) bond motifs is 1. The maximum absolute atomic E-state index is 11.8. The van der Waals surface area contributed by atoms with Crippen LogP contribution in [0.5, 0.6) is 0 Å². The van der Waals surface area contributed by atoms with Gasteiger partial charge in [-0.2, -0.15) is 0 Å². The number of aromatic nitrogens is 1. The maximum Gasteiger partial charge on any atom is 0.321 e. The van der Waals surface area contributed by atoms with Crippen molar-refractivity contribution in [1.29, 1.82) is 0 Å². The minimum atomic E-state index is -0.963. The van der Waals surface area contributed by atoms with Crippen LogP contribution in [-0.2, 0) is 4.79 Å². The third kappa shape index (κ3) is 3.67. The van der Waals surface area contributed by atoms with E-state index in [0.717, 1.165) is 10.2 Å². The fraction of sp³-hybridized carbons (Fsp3) is 0.308. The Balaban J connectivity index is 2.02. The topological polar surface area (TPSA) is 91.3 Å². The van der Waals surface area contributed by atoms with Gasteiger partial charge < -0.3 is 10.4 Å². The van der Waals surface area contributed by atoms with E-state index >= 15 is 0 Å². The van der Waals surface area contributed by atoms with E-state index in [4.69, 9.17) is 5.11 Å². The summed E-state index contributed by atoms with van der Waals surface area (Å²) >= 11 is 1.37. The van der Waals surface area contributed by atoms with Gasteiger partial charge in [-0.25, -0.2) is 9.78 Å². The first kappa shape index (κ1) is 14.3. The van der Waals surface area contributed by atoms with Gasteiger partial charge in [0.1, 0.15) is 0 Å². The van der Waals surface area contributed by atoms with E-state index < -0.39 is 17.5 Å². The largest absolute Gasteiger partial charge is 0.481 e. The lowest BCUT2D eigenvalue weighted by Crippen LogP contribution is -2.46. The highest BCUT2D eigenvalue weighted by molar-refractivity contribution is 7.22. The number of benzene rings is 1. The van der Waals surface area contributed by atoms with E-state index in [1.165, 1.54) is 11.3 Å². The second-order valence-corrected chi connectivity index (χ2v) is 6.05. The number of carbonyl (C=O) groups excluding carboxylic acids is 1. The van der Waals surface area contributed by atoms with Crippen LogP contribution in [-0.4, -0.2) is 27.6 Å². The van der Waals surface area contributed by atoms with Gasteiger partial charge in [-0.3, -0.25) is 10.1 Å². The molecule has 0 bridgehead atoms. The van der Waals surface area contributed by atoms with E-state index in [9.17, 15) is 9.59 Å². The Morgan fingerprint density at radius 2 is 2.05 bits per heavy atom. The molecule has 0 aliphatic carbocycles. The number of para-hydroxylation sites is 1. The van der Waals surface area contributed by atoms with Gasteiger partial charge in [-0.15, -0.1) is 0 Å². The molecule has 0 spiro atoms. The molecule has 106 valence electrons. The molecule has 0 radical (unpaired) electrons. The molecule has 0 aliphatic rings. The highest BCUT2D eigenvalue weighted by atomic mass is 32.1. The first-order valence-electron chi connectivity index (χ1n) is 6.02. The van der Waals surface area contributed by atoms with Crippen LogP contribution in [0.15, 0.2) is 24.3 Å². The monoisotopic (exact) mass is 293 g/mol. The Morgan fingerprint density at radius 1 is 1.35 bits per heavy atom. The number of carbonyl (C=O) groups is 2. The molecule has 0 saturated carbocycles. The second kappa shape index (κ2) is 5.46. The summed E-state index contributed by atoms with van der Waals surface area (Å²) < 4.78 is 0.979. The number of rotatable bonds is 4. The molecular weight excluding hydrogens is 278 g/mol. The number of hydrogen-bond acceptors (Lipinski definition) is 4. The van der Waals surface area contributed by atoms with Gasteiger partial charge in [0, 0.05) is 5.54 Å². The molecule has 0 saturated heterocycles. The van der Waals surface area contributed by atoms with Gasteiger partial charge in [-0.1, -0.05) is 23.5 Å². The second-order valence-electron chi connectivity index (χ2n) is 5.02. The lowest BCUT2D eigenvalue weighted by molar-refractivity contribution is -0.138. The Labute approximate surface area is 119 Å². The van der Waals surface area contributed by atoms with Crippen molar-refractivity contribution in [3.63, 3.8) is 0 Å². The summed E-state index contributed by atoms with van der Waals surface area (Å²) in [5.74, 6) is -0.963. The van der Waals surface area contributed by atoms with Crippen LogP contribution in [0.4, 0.5) is 9.93 Å². The van der Waals surface area contributed by atoms with Crippen molar-refractivity contribution in [2.75, 3.05) is 5.32 Å². The van der Waals surface area contributed by atoms with Gasteiger partial charge in [0.15, 0.2) is 5.13 Å². The number of thiazole rings is 1. The number of hydrogen-bond donors (Lipinski definition) is 3. The Morgan fingerprint density at radius 3 is 2.70 bits per heavy atom. The normalized spacial score (nSPS) is 11.3. The van der Waals surface area contributed by atoms with E-state index in [0.29, 0.717) is 5.13 Å². The third-order valence-corrected chi connectivity index (χ3v) is 3.51. The summed E-state index contributed by atoms with van der Waals surface area (Å²) in [4.78, 5) is 26.8. The smallest absolute Gasteiger partial charge is 0.321 e. The predicted molar refractivity (Wildman–Crippen MR) is 78.1 cm³/mol. The number of nitrogens with zero attached hydrogens (tertiary/aromatic N) is 1. The molecule has 1 heterocycles. The zero-order valence-corrected chi connectivity index (χ0v) is 12.0. The molecule has 0 aliphatic heterocycles. The molecule has 0 unspecified atom stereocenters. The van der Waals surface area contributed by atoms with E-state index in [2.05, 4.69) is 15.6 Å². The van der Waals surface area contributed by atoms with Crippen LogP contribution < -0.4 is 10.6 Å². The molecule has 0 atom stereocenters. The fourth-order valence-electron chi connectivity index (χ4n) is 1.78. The van der Waals surface area contributed by atoms with Crippen LogP contribution >= 0.6 is 11.3 Å². The van der Waals surface area contributed by atoms with Crippen LogP contribution in [0.25, 0.3) is 10.2 Å². The standard InChI is InChI=1S/C13H15N3O3S/c1-13(2,7-10(17)18)16-11(19)15-12-14-8-5-3-4-6-9(8)20-12/h3-6H,7H2,1-2H3,(H,17,18)(H2,14,15,16,19). The van der Waals surface area contributed by atoms with Crippen molar-refractivity contribution in [1.82, 2.24) is 10.3 Å². The predicted octanol–water partition coefficient (Wildman–Crippen LogP) is 2.67. The Kier molecular flexibility index (Phi) is 3.89. The average molecular weight is 293 g/mol. The van der Waals surface area contributed by atoms with Gasteiger partial charge in [0.2, 0.25) is 0 Å². The van der Waals surface area contributed by atoms with Crippen LogP contribution in [0, 0.1) is 0 Å². The lowest BCUT2D eigenvalue weighted by atomic mass is 10.0. The highest BCUT2D eigenvalue weighted by Crippen LogP contribution is 2.25. The quantitative estimate of drug-likeness (QED) is 0.808. The number of anilines is 1. The van der Waals surface area contributed by atoms with E-state index in [1.807, 2.05) is 24.3 Å². The molecule has 3 N–H and O–H groups in total. The van der Waals surface area contributed by atoms with Gasteiger partial charge in [0.25, 0.3) is 0 Å². The van der Waals surface area contributed by atoms with Crippen molar-refractivity contribution in [3.8, 4) is 0 Å². The zero-order valence-electron chi connectivity index (χ0n) is 11.1. The maximum atomic E-state index is 11.8. The summed E-state index contributed by atoms with van der Waals surface area (Å²) in [6, 6.07) is 7.10. The van der Waals surface area contributed by atoms with Crippen molar-refractivity contribution in [2.24, 2.45) is 0 Å². The molecule has 20 heavy (non-hydrogen) atoms. The summed E-state index contributed by atoms with van der Waals surface area (Å²) in [5.41, 5.74) is -0.00957. The van der Waals surface area contributed by atoms with Gasteiger partial charge >= 0.3 is 12.0 Å². The van der Waals surface area contributed by atoms with Gasteiger partial charge in [0.05, 0.1) is 16.6 Å². The van der Waals surface area contributed by atoms with Crippen molar-refractivity contribution in [2.45, 2.75) is 25.8 Å². The minimum Gasteiger partial charge on any atom is -0.481 e. The van der Waals surface area contributed by atoms with Crippen molar-refractivity contribution in [3.05, 3.63) is 24.3 Å². The minimum absolute atomic E-state index is 0.153.